The van der Waals surface area contributed by atoms with E-state index in [-0.39, 0.29) is 13.0 Å². The predicted octanol–water partition coefficient (Wildman–Crippen LogP) is 2.59. The van der Waals surface area contributed by atoms with Crippen molar-refractivity contribution in [2.75, 3.05) is 10.8 Å². The first-order valence-corrected chi connectivity index (χ1v) is 8.43. The third-order valence-corrected chi connectivity index (χ3v) is 5.67. The summed E-state index contributed by atoms with van der Waals surface area (Å²) in [5, 5.41) is 9.02. The van der Waals surface area contributed by atoms with Crippen LogP contribution in [0.3, 0.4) is 0 Å². The summed E-state index contributed by atoms with van der Waals surface area (Å²) in [6, 6.07) is 11.9. The van der Waals surface area contributed by atoms with E-state index in [4.69, 9.17) is 5.11 Å². The monoisotopic (exact) mass is 335 g/mol. The first kappa shape index (κ1) is 15.5. The zero-order valence-corrected chi connectivity index (χ0v) is 12.8. The van der Waals surface area contributed by atoms with Gasteiger partial charge in [0.25, 0.3) is 10.0 Å². The molecule has 0 saturated heterocycles. The largest absolute Gasteiger partial charge is 0.481 e. The fraction of sp³-hybridized carbons (Fsp3) is 0.188. The summed E-state index contributed by atoms with van der Waals surface area (Å²) in [5.74, 6) is -2.29. The van der Waals surface area contributed by atoms with E-state index >= 15 is 0 Å². The van der Waals surface area contributed by atoms with Crippen LogP contribution in [0.1, 0.15) is 17.9 Å². The van der Waals surface area contributed by atoms with Crippen LogP contribution in [0.25, 0.3) is 0 Å². The normalized spacial score (nSPS) is 17.1. The number of carboxylic acid groups (broad SMARTS) is 1. The standard InChI is InChI=1S/C16H14FNO4S/c17-13-6-2-4-8-15(13)23(21,22)18-10-11(9-16(19)20)12-5-1-3-7-14(12)18/h1-8,11H,9-10H2,(H,19,20). The van der Waals surface area contributed by atoms with E-state index in [2.05, 4.69) is 0 Å². The number of carboxylic acids is 1. The number of halogens is 1. The topological polar surface area (TPSA) is 74.7 Å². The highest BCUT2D eigenvalue weighted by Crippen LogP contribution is 2.41. The smallest absolute Gasteiger partial charge is 0.304 e. The number of para-hydroxylation sites is 1. The highest BCUT2D eigenvalue weighted by Gasteiger charge is 2.38. The van der Waals surface area contributed by atoms with Crippen molar-refractivity contribution in [2.24, 2.45) is 0 Å². The van der Waals surface area contributed by atoms with Gasteiger partial charge in [-0.15, -0.1) is 0 Å². The molecule has 23 heavy (non-hydrogen) atoms. The lowest BCUT2D eigenvalue weighted by Crippen LogP contribution is -2.31. The van der Waals surface area contributed by atoms with Crippen LogP contribution in [0.5, 0.6) is 0 Å². The lowest BCUT2D eigenvalue weighted by Gasteiger charge is -2.20. The summed E-state index contributed by atoms with van der Waals surface area (Å²) in [6.07, 6.45) is -0.180. The maximum absolute atomic E-state index is 13.9. The molecule has 0 saturated carbocycles. The van der Waals surface area contributed by atoms with Crippen LogP contribution in [-0.4, -0.2) is 26.0 Å². The summed E-state index contributed by atoms with van der Waals surface area (Å²) in [6.45, 7) is -0.0116. The second kappa shape index (κ2) is 5.66. The van der Waals surface area contributed by atoms with Gasteiger partial charge in [0.15, 0.2) is 0 Å². The zero-order valence-electron chi connectivity index (χ0n) is 12.0. The van der Waals surface area contributed by atoms with Crippen molar-refractivity contribution < 1.29 is 22.7 Å². The molecule has 0 aliphatic carbocycles. The molecule has 1 aliphatic rings. The van der Waals surface area contributed by atoms with Crippen molar-refractivity contribution in [3.63, 3.8) is 0 Å². The molecule has 0 aromatic heterocycles. The molecule has 120 valence electrons. The molecule has 2 aromatic rings. The fourth-order valence-electron chi connectivity index (χ4n) is 2.84. The Balaban J connectivity index is 2.08. The van der Waals surface area contributed by atoms with E-state index < -0.39 is 32.6 Å². The van der Waals surface area contributed by atoms with E-state index in [0.29, 0.717) is 11.3 Å². The van der Waals surface area contributed by atoms with Crippen molar-refractivity contribution in [1.82, 2.24) is 0 Å². The number of hydrogen-bond acceptors (Lipinski definition) is 3. The van der Waals surface area contributed by atoms with E-state index in [1.807, 2.05) is 0 Å². The number of rotatable bonds is 4. The number of sulfonamides is 1. The van der Waals surface area contributed by atoms with Gasteiger partial charge in [-0.2, -0.15) is 0 Å². The minimum Gasteiger partial charge on any atom is -0.481 e. The van der Waals surface area contributed by atoms with Crippen LogP contribution >= 0.6 is 0 Å². The van der Waals surface area contributed by atoms with Crippen LogP contribution in [0.15, 0.2) is 53.4 Å². The predicted molar refractivity (Wildman–Crippen MR) is 82.4 cm³/mol. The van der Waals surface area contributed by atoms with Gasteiger partial charge in [0.1, 0.15) is 10.7 Å². The molecule has 0 bridgehead atoms. The Kier molecular flexibility index (Phi) is 3.81. The Labute approximate surface area is 133 Å². The molecule has 0 fully saturated rings. The zero-order chi connectivity index (χ0) is 16.6. The van der Waals surface area contributed by atoms with Gasteiger partial charge in [0, 0.05) is 12.5 Å². The minimum absolute atomic E-state index is 0.0116. The Morgan fingerprint density at radius 1 is 1.17 bits per heavy atom. The van der Waals surface area contributed by atoms with E-state index in [1.165, 1.54) is 18.2 Å². The lowest BCUT2D eigenvalue weighted by molar-refractivity contribution is -0.137. The Morgan fingerprint density at radius 2 is 1.83 bits per heavy atom. The van der Waals surface area contributed by atoms with Gasteiger partial charge >= 0.3 is 5.97 Å². The average Bonchev–Trinajstić information content (AvgIpc) is 2.87. The number of benzene rings is 2. The van der Waals surface area contributed by atoms with Gasteiger partial charge in [-0.3, -0.25) is 9.10 Å². The Hall–Kier alpha value is -2.41. The van der Waals surface area contributed by atoms with Crippen LogP contribution in [-0.2, 0) is 14.8 Å². The van der Waals surface area contributed by atoms with Crippen LogP contribution in [0, 0.1) is 5.82 Å². The lowest BCUT2D eigenvalue weighted by atomic mass is 9.98. The molecular weight excluding hydrogens is 321 g/mol. The second-order valence-electron chi connectivity index (χ2n) is 5.32. The second-order valence-corrected chi connectivity index (χ2v) is 7.15. The first-order chi connectivity index (χ1) is 10.9. The van der Waals surface area contributed by atoms with Gasteiger partial charge in [0.2, 0.25) is 0 Å². The van der Waals surface area contributed by atoms with Gasteiger partial charge in [-0.25, -0.2) is 12.8 Å². The molecule has 1 N–H and O–H groups in total. The fourth-order valence-corrected chi connectivity index (χ4v) is 4.45. The SMILES string of the molecule is O=C(O)CC1CN(S(=O)(=O)c2ccccc2F)c2ccccc21. The molecule has 1 atom stereocenters. The molecular formula is C16H14FNO4S. The molecule has 2 aromatic carbocycles. The summed E-state index contributed by atoms with van der Waals surface area (Å²) in [4.78, 5) is 10.6. The average molecular weight is 335 g/mol. The molecule has 1 unspecified atom stereocenters. The van der Waals surface area contributed by atoms with Crippen LogP contribution in [0.2, 0.25) is 0 Å². The Morgan fingerprint density at radius 3 is 2.52 bits per heavy atom. The molecule has 7 heteroatoms. The van der Waals surface area contributed by atoms with Crippen molar-refractivity contribution in [3.05, 3.63) is 59.9 Å². The minimum atomic E-state index is -4.09. The van der Waals surface area contributed by atoms with E-state index in [0.717, 1.165) is 10.4 Å². The molecule has 1 heterocycles. The number of fused-ring (bicyclic) bond motifs is 1. The van der Waals surface area contributed by atoms with Gasteiger partial charge in [-0.1, -0.05) is 30.3 Å². The molecule has 5 nitrogen and oxygen atoms in total. The summed E-state index contributed by atoms with van der Waals surface area (Å²) in [5.41, 5.74) is 1.05. The summed E-state index contributed by atoms with van der Waals surface area (Å²) < 4.78 is 40.6. The maximum Gasteiger partial charge on any atom is 0.304 e. The highest BCUT2D eigenvalue weighted by atomic mass is 32.2. The molecule has 0 spiro atoms. The van der Waals surface area contributed by atoms with Gasteiger partial charge in [-0.05, 0) is 23.8 Å². The molecule has 0 radical (unpaired) electrons. The van der Waals surface area contributed by atoms with E-state index in [9.17, 15) is 17.6 Å². The number of anilines is 1. The van der Waals surface area contributed by atoms with Gasteiger partial charge < -0.3 is 5.11 Å². The van der Waals surface area contributed by atoms with Crippen LogP contribution < -0.4 is 4.31 Å². The van der Waals surface area contributed by atoms with Crippen LogP contribution in [0.4, 0.5) is 10.1 Å². The third-order valence-electron chi connectivity index (χ3n) is 3.86. The quantitative estimate of drug-likeness (QED) is 0.932. The van der Waals surface area contributed by atoms with E-state index in [1.54, 1.807) is 24.3 Å². The van der Waals surface area contributed by atoms with Crippen molar-refractivity contribution >= 4 is 21.7 Å². The number of aliphatic carboxylic acids is 1. The number of carbonyl (C=O) groups is 1. The number of hydrogen-bond donors (Lipinski definition) is 1. The van der Waals surface area contributed by atoms with Crippen molar-refractivity contribution in [3.8, 4) is 0 Å². The first-order valence-electron chi connectivity index (χ1n) is 6.99. The number of nitrogens with zero attached hydrogens (tertiary/aromatic N) is 1. The summed E-state index contributed by atoms with van der Waals surface area (Å²) in [7, 11) is -4.09. The van der Waals surface area contributed by atoms with Crippen molar-refractivity contribution in [2.45, 2.75) is 17.2 Å². The summed E-state index contributed by atoms with van der Waals surface area (Å²) >= 11 is 0. The highest BCUT2D eigenvalue weighted by molar-refractivity contribution is 7.92. The Bertz CT molecular complexity index is 866. The molecule has 3 rings (SSSR count). The van der Waals surface area contributed by atoms with Gasteiger partial charge in [0.05, 0.1) is 12.1 Å². The third kappa shape index (κ3) is 2.68. The molecule has 0 amide bonds. The van der Waals surface area contributed by atoms with Crippen molar-refractivity contribution in [1.29, 1.82) is 0 Å². The maximum atomic E-state index is 13.9. The molecule has 1 aliphatic heterocycles.